The van der Waals surface area contributed by atoms with Crippen LogP contribution in [0.15, 0.2) is 24.3 Å². The summed E-state index contributed by atoms with van der Waals surface area (Å²) in [5.74, 6) is 0.772. The monoisotopic (exact) mass is 210 g/mol. The minimum atomic E-state index is -0.0455. The number of hydrogen-bond acceptors (Lipinski definition) is 3. The zero-order valence-corrected chi connectivity index (χ0v) is 9.43. The van der Waals surface area contributed by atoms with Crippen LogP contribution in [0.2, 0.25) is 0 Å². The summed E-state index contributed by atoms with van der Waals surface area (Å²) >= 11 is 1.27. The second-order valence-corrected chi connectivity index (χ2v) is 3.83. The van der Waals surface area contributed by atoms with Crippen molar-refractivity contribution in [3.05, 3.63) is 29.8 Å². The van der Waals surface area contributed by atoms with E-state index in [1.807, 2.05) is 37.4 Å². The van der Waals surface area contributed by atoms with Crippen molar-refractivity contribution in [2.75, 3.05) is 13.4 Å². The van der Waals surface area contributed by atoms with E-state index in [4.69, 9.17) is 4.74 Å². The van der Waals surface area contributed by atoms with E-state index >= 15 is 0 Å². The van der Waals surface area contributed by atoms with E-state index in [1.54, 1.807) is 7.11 Å². The molecule has 0 bridgehead atoms. The average Bonchev–Trinajstić information content (AvgIpc) is 2.27. The van der Waals surface area contributed by atoms with E-state index in [2.05, 4.69) is 0 Å². The molecule has 0 aliphatic carbocycles. The van der Waals surface area contributed by atoms with Crippen LogP contribution in [-0.4, -0.2) is 18.5 Å². The predicted molar refractivity (Wildman–Crippen MR) is 59.9 cm³/mol. The van der Waals surface area contributed by atoms with Crippen LogP contribution < -0.4 is 4.74 Å². The van der Waals surface area contributed by atoms with Crippen LogP contribution in [0, 0.1) is 0 Å². The number of hydrogen-bond donors (Lipinski definition) is 0. The minimum absolute atomic E-state index is 0.0455. The molecule has 76 valence electrons. The van der Waals surface area contributed by atoms with E-state index < -0.39 is 0 Å². The fraction of sp³-hybridized carbons (Fsp3) is 0.364. The Morgan fingerprint density at radius 2 is 1.93 bits per heavy atom. The van der Waals surface area contributed by atoms with Crippen LogP contribution in [0.4, 0.5) is 0 Å². The average molecular weight is 210 g/mol. The Balaban J connectivity index is 2.81. The molecule has 1 aromatic carbocycles. The largest absolute Gasteiger partial charge is 0.497 e. The van der Waals surface area contributed by atoms with Gasteiger partial charge in [-0.05, 0) is 24.0 Å². The number of carbonyl (C=O) groups excluding carboxylic acids is 1. The molecule has 14 heavy (non-hydrogen) atoms. The Bertz CT molecular complexity index is 306. The van der Waals surface area contributed by atoms with Crippen LogP contribution in [-0.2, 0) is 4.79 Å². The number of ether oxygens (including phenoxy) is 1. The molecular weight excluding hydrogens is 196 g/mol. The van der Waals surface area contributed by atoms with Crippen molar-refractivity contribution in [3.63, 3.8) is 0 Å². The normalized spacial score (nSPS) is 12.2. The van der Waals surface area contributed by atoms with Gasteiger partial charge in [0, 0.05) is 0 Å². The Morgan fingerprint density at radius 1 is 1.36 bits per heavy atom. The second kappa shape index (κ2) is 5.05. The van der Waals surface area contributed by atoms with Crippen molar-refractivity contribution in [1.29, 1.82) is 0 Å². The second-order valence-electron chi connectivity index (χ2n) is 3.02. The van der Waals surface area contributed by atoms with Gasteiger partial charge in [0.2, 0.25) is 0 Å². The van der Waals surface area contributed by atoms with Crippen LogP contribution in [0.5, 0.6) is 5.75 Å². The Hall–Kier alpha value is -0.960. The van der Waals surface area contributed by atoms with Crippen molar-refractivity contribution in [2.24, 2.45) is 0 Å². The molecule has 0 unspecified atom stereocenters. The molecule has 1 atom stereocenters. The number of methoxy groups -OCH3 is 1. The number of carbonyl (C=O) groups is 1. The molecule has 0 fully saturated rings. The highest BCUT2D eigenvalue weighted by atomic mass is 32.2. The van der Waals surface area contributed by atoms with Gasteiger partial charge in [-0.25, -0.2) is 0 Å². The molecule has 2 nitrogen and oxygen atoms in total. The first kappa shape index (κ1) is 11.1. The maximum Gasteiger partial charge on any atom is 0.195 e. The lowest BCUT2D eigenvalue weighted by atomic mass is 10.0. The molecule has 0 spiro atoms. The lowest BCUT2D eigenvalue weighted by Gasteiger charge is -2.09. The molecule has 0 radical (unpaired) electrons. The molecule has 0 aliphatic rings. The highest BCUT2D eigenvalue weighted by Crippen LogP contribution is 2.22. The van der Waals surface area contributed by atoms with Crippen molar-refractivity contribution in [2.45, 2.75) is 12.8 Å². The highest BCUT2D eigenvalue weighted by molar-refractivity contribution is 8.13. The summed E-state index contributed by atoms with van der Waals surface area (Å²) in [4.78, 5) is 11.4. The smallest absolute Gasteiger partial charge is 0.195 e. The van der Waals surface area contributed by atoms with Gasteiger partial charge in [0.15, 0.2) is 5.12 Å². The van der Waals surface area contributed by atoms with Gasteiger partial charge in [0.05, 0.1) is 13.0 Å². The van der Waals surface area contributed by atoms with Gasteiger partial charge in [-0.1, -0.05) is 30.8 Å². The Morgan fingerprint density at radius 3 is 2.36 bits per heavy atom. The number of thioether (sulfide) groups is 1. The van der Waals surface area contributed by atoms with Gasteiger partial charge in [0.25, 0.3) is 0 Å². The van der Waals surface area contributed by atoms with E-state index in [9.17, 15) is 4.79 Å². The molecule has 1 rings (SSSR count). The highest BCUT2D eigenvalue weighted by Gasteiger charge is 2.13. The third kappa shape index (κ3) is 2.51. The molecule has 0 saturated heterocycles. The maximum absolute atomic E-state index is 11.4. The molecule has 0 N–H and O–H groups in total. The van der Waals surface area contributed by atoms with Gasteiger partial charge in [-0.15, -0.1) is 0 Å². The Kier molecular flexibility index (Phi) is 4.01. The molecule has 0 heterocycles. The lowest BCUT2D eigenvalue weighted by Crippen LogP contribution is -2.03. The summed E-state index contributed by atoms with van der Waals surface area (Å²) in [6.45, 7) is 1.92. The van der Waals surface area contributed by atoms with E-state index in [-0.39, 0.29) is 11.0 Å². The summed E-state index contributed by atoms with van der Waals surface area (Å²) in [6, 6.07) is 7.61. The van der Waals surface area contributed by atoms with Gasteiger partial charge < -0.3 is 4.74 Å². The van der Waals surface area contributed by atoms with Crippen LogP contribution >= 0.6 is 11.8 Å². The van der Waals surface area contributed by atoms with E-state index in [0.29, 0.717) is 0 Å². The quantitative estimate of drug-likeness (QED) is 0.767. The molecule has 0 aliphatic heterocycles. The van der Waals surface area contributed by atoms with Crippen LogP contribution in [0.1, 0.15) is 18.4 Å². The first-order valence-electron chi connectivity index (χ1n) is 4.40. The summed E-state index contributed by atoms with van der Waals surface area (Å²) < 4.78 is 5.05. The van der Waals surface area contributed by atoms with Crippen molar-refractivity contribution < 1.29 is 9.53 Å². The summed E-state index contributed by atoms with van der Waals surface area (Å²) in [7, 11) is 1.63. The summed E-state index contributed by atoms with van der Waals surface area (Å²) in [6.07, 6.45) is 1.81. The topological polar surface area (TPSA) is 26.3 Å². The van der Waals surface area contributed by atoms with E-state index in [1.165, 1.54) is 11.8 Å². The van der Waals surface area contributed by atoms with Gasteiger partial charge in [-0.2, -0.15) is 0 Å². The first-order chi connectivity index (χ1) is 6.69. The van der Waals surface area contributed by atoms with Crippen molar-refractivity contribution in [1.82, 2.24) is 0 Å². The fourth-order valence-electron chi connectivity index (χ4n) is 1.21. The van der Waals surface area contributed by atoms with Crippen LogP contribution in [0.25, 0.3) is 0 Å². The summed E-state index contributed by atoms with van der Waals surface area (Å²) in [5, 5.41) is 0.190. The van der Waals surface area contributed by atoms with Gasteiger partial charge in [-0.3, -0.25) is 4.79 Å². The van der Waals surface area contributed by atoms with E-state index in [0.717, 1.165) is 11.3 Å². The SMILES string of the molecule is COc1ccc([C@@H](C)C(=O)SC)cc1. The van der Waals surface area contributed by atoms with Gasteiger partial charge >= 0.3 is 0 Å². The standard InChI is InChI=1S/C11H14O2S/c1-8(11(12)14-3)9-4-6-10(13-2)7-5-9/h4-8H,1-3H3/t8-/m1/s1. The number of rotatable bonds is 3. The molecule has 1 aromatic rings. The Labute approximate surface area is 88.7 Å². The van der Waals surface area contributed by atoms with Crippen molar-refractivity contribution >= 4 is 16.9 Å². The minimum Gasteiger partial charge on any atom is -0.497 e. The number of benzene rings is 1. The zero-order chi connectivity index (χ0) is 10.6. The maximum atomic E-state index is 11.4. The molecule has 0 amide bonds. The van der Waals surface area contributed by atoms with Crippen molar-refractivity contribution in [3.8, 4) is 5.75 Å². The van der Waals surface area contributed by atoms with Crippen LogP contribution in [0.3, 0.4) is 0 Å². The lowest BCUT2D eigenvalue weighted by molar-refractivity contribution is -0.111. The first-order valence-corrected chi connectivity index (χ1v) is 5.63. The molecule has 0 saturated carbocycles. The van der Waals surface area contributed by atoms with Gasteiger partial charge in [0.1, 0.15) is 5.75 Å². The molecular formula is C11H14O2S. The zero-order valence-electron chi connectivity index (χ0n) is 8.61. The third-order valence-electron chi connectivity index (χ3n) is 2.17. The molecule has 3 heteroatoms. The fourth-order valence-corrected chi connectivity index (χ4v) is 1.70. The summed E-state index contributed by atoms with van der Waals surface area (Å²) in [5.41, 5.74) is 1.03. The predicted octanol–water partition coefficient (Wildman–Crippen LogP) is 2.69. The molecule has 0 aromatic heterocycles. The third-order valence-corrected chi connectivity index (χ3v) is 2.93.